The van der Waals surface area contributed by atoms with E-state index in [1.165, 1.54) is 0 Å². The van der Waals surface area contributed by atoms with E-state index in [1.807, 2.05) is 36.4 Å². The topological polar surface area (TPSA) is 24.9 Å². The Hall–Kier alpha value is -1.48. The number of fused-ring (bicyclic) bond motifs is 1. The number of halogens is 3. The maximum Gasteiger partial charge on any atom is 0.127 e. The van der Waals surface area contributed by atoms with Crippen molar-refractivity contribution in [1.82, 2.24) is 4.98 Å². The number of nitrogens with one attached hydrogen (secondary N) is 1. The molecule has 2 aromatic carbocycles. The van der Waals surface area contributed by atoms with E-state index in [0.717, 1.165) is 27.8 Å². The van der Waals surface area contributed by atoms with Gasteiger partial charge in [0.2, 0.25) is 0 Å². The molecule has 0 saturated heterocycles. The highest BCUT2D eigenvalue weighted by Crippen LogP contribution is 2.25. The number of nitrogens with zero attached hydrogens (tertiary/aromatic N) is 1. The summed E-state index contributed by atoms with van der Waals surface area (Å²) < 4.78 is 0. The molecule has 0 radical (unpaired) electrons. The Morgan fingerprint density at radius 3 is 2.55 bits per heavy atom. The second-order valence-electron chi connectivity index (χ2n) is 5.09. The van der Waals surface area contributed by atoms with Crippen molar-refractivity contribution in [3.05, 3.63) is 68.7 Å². The van der Waals surface area contributed by atoms with Crippen LogP contribution in [-0.2, 0) is 6.54 Å². The first-order valence-corrected chi connectivity index (χ1v) is 7.91. The van der Waals surface area contributed by atoms with Gasteiger partial charge in [0.1, 0.15) is 5.82 Å². The highest BCUT2D eigenvalue weighted by Gasteiger charge is 2.04. The number of aryl methyl sites for hydroxylation is 1. The number of hydrogen-bond donors (Lipinski definition) is 1. The molecule has 0 aliphatic heterocycles. The minimum atomic E-state index is 0.551. The third kappa shape index (κ3) is 3.30. The smallest absolute Gasteiger partial charge is 0.127 e. The van der Waals surface area contributed by atoms with E-state index in [2.05, 4.69) is 17.2 Å². The quantitative estimate of drug-likeness (QED) is 0.615. The molecule has 0 fully saturated rings. The molecule has 5 heteroatoms. The third-order valence-electron chi connectivity index (χ3n) is 3.44. The molecule has 1 heterocycles. The number of benzene rings is 2. The maximum atomic E-state index is 6.04. The summed E-state index contributed by atoms with van der Waals surface area (Å²) in [6.45, 7) is 2.68. The molecule has 0 aliphatic rings. The molecule has 0 amide bonds. The first-order valence-electron chi connectivity index (χ1n) is 6.77. The molecular formula is C17H13Cl3N2. The standard InChI is InChI=1S/C17H13Cl3N2/c1-10-6-17(22-16-8-12(18)3-4-13(10)16)21-9-11-2-5-14(19)15(20)7-11/h2-8H,9H2,1H3,(H,21,22). The lowest BCUT2D eigenvalue weighted by atomic mass is 10.1. The molecule has 3 aromatic rings. The molecule has 112 valence electrons. The van der Waals surface area contributed by atoms with E-state index in [-0.39, 0.29) is 0 Å². The number of pyridine rings is 1. The summed E-state index contributed by atoms with van der Waals surface area (Å²) in [6.07, 6.45) is 0. The second-order valence-corrected chi connectivity index (χ2v) is 6.34. The Morgan fingerprint density at radius 2 is 1.77 bits per heavy atom. The molecule has 22 heavy (non-hydrogen) atoms. The van der Waals surface area contributed by atoms with Crippen molar-refractivity contribution >= 4 is 51.5 Å². The molecule has 0 unspecified atom stereocenters. The fraction of sp³-hybridized carbons (Fsp3) is 0.118. The van der Waals surface area contributed by atoms with E-state index in [9.17, 15) is 0 Å². The Kier molecular flexibility index (Phi) is 4.44. The molecule has 0 spiro atoms. The lowest BCUT2D eigenvalue weighted by molar-refractivity contribution is 1.12. The predicted molar refractivity (Wildman–Crippen MR) is 95.3 cm³/mol. The van der Waals surface area contributed by atoms with Gasteiger partial charge < -0.3 is 5.32 Å². The molecule has 2 nitrogen and oxygen atoms in total. The number of anilines is 1. The first-order chi connectivity index (χ1) is 10.5. The van der Waals surface area contributed by atoms with Crippen molar-refractivity contribution in [1.29, 1.82) is 0 Å². The molecule has 0 bridgehead atoms. The summed E-state index contributed by atoms with van der Waals surface area (Å²) in [7, 11) is 0. The summed E-state index contributed by atoms with van der Waals surface area (Å²) >= 11 is 18.0. The summed E-state index contributed by atoms with van der Waals surface area (Å²) in [4.78, 5) is 4.60. The highest BCUT2D eigenvalue weighted by atomic mass is 35.5. The SMILES string of the molecule is Cc1cc(NCc2ccc(Cl)c(Cl)c2)nc2cc(Cl)ccc12. The van der Waals surface area contributed by atoms with Crippen LogP contribution >= 0.6 is 34.8 Å². The average molecular weight is 352 g/mol. The van der Waals surface area contributed by atoms with Crippen LogP contribution in [0.1, 0.15) is 11.1 Å². The molecule has 1 aromatic heterocycles. The molecular weight excluding hydrogens is 339 g/mol. The first kappa shape index (κ1) is 15.4. The Bertz CT molecular complexity index is 847. The largest absolute Gasteiger partial charge is 0.366 e. The van der Waals surface area contributed by atoms with Crippen molar-refractivity contribution in [2.75, 3.05) is 5.32 Å². The summed E-state index contributed by atoms with van der Waals surface area (Å²) in [5.41, 5.74) is 3.07. The van der Waals surface area contributed by atoms with Crippen LogP contribution in [0.25, 0.3) is 10.9 Å². The number of hydrogen-bond acceptors (Lipinski definition) is 2. The molecule has 0 aliphatic carbocycles. The van der Waals surface area contributed by atoms with Gasteiger partial charge in [0, 0.05) is 17.0 Å². The van der Waals surface area contributed by atoms with Crippen LogP contribution < -0.4 is 5.32 Å². The van der Waals surface area contributed by atoms with Crippen molar-refractivity contribution < 1.29 is 0 Å². The summed E-state index contributed by atoms with van der Waals surface area (Å²) in [5, 5.41) is 6.19. The van der Waals surface area contributed by atoms with Gasteiger partial charge in [-0.05, 0) is 48.4 Å². The molecule has 0 atom stereocenters. The van der Waals surface area contributed by atoms with Gasteiger partial charge in [0.05, 0.1) is 15.6 Å². The van der Waals surface area contributed by atoms with Gasteiger partial charge in [-0.25, -0.2) is 4.98 Å². The van der Waals surface area contributed by atoms with Gasteiger partial charge in [-0.2, -0.15) is 0 Å². The van der Waals surface area contributed by atoms with E-state index >= 15 is 0 Å². The van der Waals surface area contributed by atoms with Gasteiger partial charge >= 0.3 is 0 Å². The lowest BCUT2D eigenvalue weighted by Gasteiger charge is -2.10. The fourth-order valence-corrected chi connectivity index (χ4v) is 2.80. The van der Waals surface area contributed by atoms with Gasteiger partial charge in [-0.3, -0.25) is 0 Å². The zero-order valence-electron chi connectivity index (χ0n) is 11.8. The highest BCUT2D eigenvalue weighted by molar-refractivity contribution is 6.42. The van der Waals surface area contributed by atoms with Crippen LogP contribution in [0.5, 0.6) is 0 Å². The second kappa shape index (κ2) is 6.33. The summed E-state index contributed by atoms with van der Waals surface area (Å²) in [5.74, 6) is 0.804. The fourth-order valence-electron chi connectivity index (χ4n) is 2.31. The van der Waals surface area contributed by atoms with Crippen LogP contribution in [0.4, 0.5) is 5.82 Å². The van der Waals surface area contributed by atoms with Crippen molar-refractivity contribution in [2.45, 2.75) is 13.5 Å². The van der Waals surface area contributed by atoms with Crippen LogP contribution in [0.3, 0.4) is 0 Å². The Balaban J connectivity index is 1.85. The average Bonchev–Trinajstić information content (AvgIpc) is 2.48. The van der Waals surface area contributed by atoms with E-state index < -0.39 is 0 Å². The van der Waals surface area contributed by atoms with Crippen molar-refractivity contribution in [2.24, 2.45) is 0 Å². The Morgan fingerprint density at radius 1 is 0.955 bits per heavy atom. The number of aromatic nitrogens is 1. The van der Waals surface area contributed by atoms with Crippen LogP contribution in [0.15, 0.2) is 42.5 Å². The van der Waals surface area contributed by atoms with Gasteiger partial charge in [-0.15, -0.1) is 0 Å². The minimum absolute atomic E-state index is 0.551. The van der Waals surface area contributed by atoms with Crippen LogP contribution in [-0.4, -0.2) is 4.98 Å². The molecule has 1 N–H and O–H groups in total. The maximum absolute atomic E-state index is 6.04. The molecule has 0 saturated carbocycles. The van der Waals surface area contributed by atoms with E-state index in [0.29, 0.717) is 21.6 Å². The van der Waals surface area contributed by atoms with E-state index in [4.69, 9.17) is 34.8 Å². The van der Waals surface area contributed by atoms with Gasteiger partial charge in [0.15, 0.2) is 0 Å². The van der Waals surface area contributed by atoms with Gasteiger partial charge in [0.25, 0.3) is 0 Å². The summed E-state index contributed by atoms with van der Waals surface area (Å²) in [6, 6.07) is 13.3. The normalized spacial score (nSPS) is 10.9. The van der Waals surface area contributed by atoms with Crippen LogP contribution in [0.2, 0.25) is 15.1 Å². The van der Waals surface area contributed by atoms with E-state index in [1.54, 1.807) is 6.07 Å². The van der Waals surface area contributed by atoms with Crippen molar-refractivity contribution in [3.8, 4) is 0 Å². The monoisotopic (exact) mass is 350 g/mol. The number of rotatable bonds is 3. The Labute approximate surface area is 144 Å². The zero-order chi connectivity index (χ0) is 15.7. The zero-order valence-corrected chi connectivity index (χ0v) is 14.1. The lowest BCUT2D eigenvalue weighted by Crippen LogP contribution is -2.02. The third-order valence-corrected chi connectivity index (χ3v) is 4.41. The predicted octanol–water partition coefficient (Wildman–Crippen LogP) is 6.12. The van der Waals surface area contributed by atoms with Crippen LogP contribution in [0, 0.1) is 6.92 Å². The van der Waals surface area contributed by atoms with Crippen molar-refractivity contribution in [3.63, 3.8) is 0 Å². The minimum Gasteiger partial charge on any atom is -0.366 e. The molecule has 3 rings (SSSR count). The van der Waals surface area contributed by atoms with Gasteiger partial charge in [-0.1, -0.05) is 46.9 Å².